The Bertz CT molecular complexity index is 244. The van der Waals surface area contributed by atoms with Crippen LogP contribution in [0.25, 0.3) is 0 Å². The van der Waals surface area contributed by atoms with Gasteiger partial charge in [-0.2, -0.15) is 4.39 Å². The lowest BCUT2D eigenvalue weighted by Crippen LogP contribution is -1.96. The van der Waals surface area contributed by atoms with E-state index in [9.17, 15) is 9.18 Å². The van der Waals surface area contributed by atoms with Gasteiger partial charge in [0.05, 0.1) is 5.56 Å². The van der Waals surface area contributed by atoms with E-state index in [2.05, 4.69) is 9.97 Å². The molecular weight excluding hydrogens is 135 g/mol. The smallest absolute Gasteiger partial charge is 0.294 e. The molecule has 0 saturated heterocycles. The number of ketones is 1. The second-order valence-corrected chi connectivity index (χ2v) is 1.80. The van der Waals surface area contributed by atoms with Crippen molar-refractivity contribution < 1.29 is 9.18 Å². The summed E-state index contributed by atoms with van der Waals surface area (Å²) in [5, 5.41) is 0. The standard InChI is InChI=1S/C6H5FN2O/c1-4(10)5-2-8-6(7)9-3-5/h2-3H,1H3. The molecule has 1 heterocycles. The summed E-state index contributed by atoms with van der Waals surface area (Å²) in [4.78, 5) is 17.0. The number of halogens is 1. The van der Waals surface area contributed by atoms with Crippen molar-refractivity contribution in [3.05, 3.63) is 24.0 Å². The third kappa shape index (κ3) is 1.34. The van der Waals surface area contributed by atoms with Crippen molar-refractivity contribution in [2.75, 3.05) is 0 Å². The van der Waals surface area contributed by atoms with E-state index < -0.39 is 6.08 Å². The summed E-state index contributed by atoms with van der Waals surface area (Å²) in [6.45, 7) is 1.37. The Morgan fingerprint density at radius 2 is 2.00 bits per heavy atom. The van der Waals surface area contributed by atoms with Gasteiger partial charge in [-0.1, -0.05) is 0 Å². The normalized spacial score (nSPS) is 9.40. The molecule has 52 valence electrons. The minimum Gasteiger partial charge on any atom is -0.294 e. The molecule has 1 aromatic rings. The van der Waals surface area contributed by atoms with Crippen molar-refractivity contribution in [2.24, 2.45) is 0 Å². The first-order valence-electron chi connectivity index (χ1n) is 2.68. The summed E-state index contributed by atoms with van der Waals surface area (Å²) >= 11 is 0. The largest absolute Gasteiger partial charge is 0.308 e. The lowest BCUT2D eigenvalue weighted by molar-refractivity contribution is 0.101. The van der Waals surface area contributed by atoms with Crippen LogP contribution in [-0.4, -0.2) is 15.8 Å². The maximum atomic E-state index is 12.0. The van der Waals surface area contributed by atoms with Gasteiger partial charge in [-0.3, -0.25) is 4.79 Å². The minimum atomic E-state index is -0.815. The summed E-state index contributed by atoms with van der Waals surface area (Å²) in [5.74, 6) is -0.167. The van der Waals surface area contributed by atoms with E-state index in [-0.39, 0.29) is 5.78 Å². The number of carbonyl (C=O) groups is 1. The highest BCUT2D eigenvalue weighted by Crippen LogP contribution is 1.94. The number of rotatable bonds is 1. The fraction of sp³-hybridized carbons (Fsp3) is 0.167. The van der Waals surface area contributed by atoms with Gasteiger partial charge >= 0.3 is 6.08 Å². The molecule has 0 aliphatic carbocycles. The Balaban J connectivity index is 3.00. The summed E-state index contributed by atoms with van der Waals surface area (Å²) in [5.41, 5.74) is 0.321. The Labute approximate surface area is 56.9 Å². The van der Waals surface area contributed by atoms with E-state index >= 15 is 0 Å². The van der Waals surface area contributed by atoms with Crippen LogP contribution in [0.3, 0.4) is 0 Å². The number of hydrogen-bond donors (Lipinski definition) is 0. The van der Waals surface area contributed by atoms with Crippen LogP contribution in [0.2, 0.25) is 0 Å². The fourth-order valence-corrected chi connectivity index (χ4v) is 0.494. The Kier molecular flexibility index (Phi) is 1.71. The molecule has 0 aliphatic heterocycles. The van der Waals surface area contributed by atoms with Crippen LogP contribution in [0, 0.1) is 6.08 Å². The van der Waals surface area contributed by atoms with Crippen LogP contribution in [0.5, 0.6) is 0 Å². The zero-order valence-electron chi connectivity index (χ0n) is 5.34. The molecule has 0 radical (unpaired) electrons. The number of aromatic nitrogens is 2. The van der Waals surface area contributed by atoms with Crippen LogP contribution in [0.1, 0.15) is 17.3 Å². The van der Waals surface area contributed by atoms with Crippen LogP contribution in [0.15, 0.2) is 12.4 Å². The second kappa shape index (κ2) is 2.51. The van der Waals surface area contributed by atoms with E-state index in [4.69, 9.17) is 0 Å². The molecular formula is C6H5FN2O. The quantitative estimate of drug-likeness (QED) is 0.428. The molecule has 4 heteroatoms. The highest BCUT2D eigenvalue weighted by Gasteiger charge is 1.99. The minimum absolute atomic E-state index is 0.167. The van der Waals surface area contributed by atoms with Crippen LogP contribution >= 0.6 is 0 Å². The number of Topliss-reactive ketones (excluding diaryl/α,β-unsaturated/α-hetero) is 1. The first-order chi connectivity index (χ1) is 4.70. The van der Waals surface area contributed by atoms with Gasteiger partial charge in [0.25, 0.3) is 0 Å². The van der Waals surface area contributed by atoms with Crippen LogP contribution < -0.4 is 0 Å². The van der Waals surface area contributed by atoms with Gasteiger partial charge in [-0.25, -0.2) is 9.97 Å². The fourth-order valence-electron chi connectivity index (χ4n) is 0.494. The zero-order chi connectivity index (χ0) is 7.56. The van der Waals surface area contributed by atoms with Gasteiger partial charge in [0.15, 0.2) is 5.78 Å². The summed E-state index contributed by atoms with van der Waals surface area (Å²) in [7, 11) is 0. The summed E-state index contributed by atoms with van der Waals surface area (Å²) in [6, 6.07) is 0. The van der Waals surface area contributed by atoms with Crippen molar-refractivity contribution in [2.45, 2.75) is 6.92 Å². The monoisotopic (exact) mass is 140 g/mol. The molecule has 0 aromatic carbocycles. The topological polar surface area (TPSA) is 42.9 Å². The first kappa shape index (κ1) is 6.80. The molecule has 0 saturated carbocycles. The molecule has 0 unspecified atom stereocenters. The van der Waals surface area contributed by atoms with Gasteiger partial charge in [-0.15, -0.1) is 0 Å². The van der Waals surface area contributed by atoms with Crippen LogP contribution in [-0.2, 0) is 0 Å². The van der Waals surface area contributed by atoms with E-state index in [0.717, 1.165) is 12.4 Å². The average molecular weight is 140 g/mol. The Hall–Kier alpha value is -1.32. The molecule has 0 spiro atoms. The van der Waals surface area contributed by atoms with Crippen molar-refractivity contribution in [1.82, 2.24) is 9.97 Å². The Morgan fingerprint density at radius 1 is 1.50 bits per heavy atom. The number of nitrogens with zero attached hydrogens (tertiary/aromatic N) is 2. The molecule has 0 amide bonds. The molecule has 3 nitrogen and oxygen atoms in total. The number of hydrogen-bond acceptors (Lipinski definition) is 3. The predicted molar refractivity (Wildman–Crippen MR) is 32.0 cm³/mol. The van der Waals surface area contributed by atoms with E-state index in [1.165, 1.54) is 6.92 Å². The van der Waals surface area contributed by atoms with Crippen molar-refractivity contribution in [1.29, 1.82) is 0 Å². The molecule has 10 heavy (non-hydrogen) atoms. The molecule has 0 fully saturated rings. The van der Waals surface area contributed by atoms with Crippen LogP contribution in [0.4, 0.5) is 4.39 Å². The maximum Gasteiger partial charge on any atom is 0.308 e. The lowest BCUT2D eigenvalue weighted by atomic mass is 10.2. The van der Waals surface area contributed by atoms with Crippen molar-refractivity contribution >= 4 is 5.78 Å². The molecule has 1 aromatic heterocycles. The first-order valence-corrected chi connectivity index (χ1v) is 2.68. The Morgan fingerprint density at radius 3 is 2.40 bits per heavy atom. The maximum absolute atomic E-state index is 12.0. The van der Waals surface area contributed by atoms with E-state index in [0.29, 0.717) is 5.56 Å². The van der Waals surface area contributed by atoms with Gasteiger partial charge in [-0.05, 0) is 6.92 Å². The molecule has 0 aliphatic rings. The summed E-state index contributed by atoms with van der Waals surface area (Å²) in [6.07, 6.45) is 1.50. The van der Waals surface area contributed by atoms with Gasteiger partial charge in [0.2, 0.25) is 0 Å². The number of carbonyl (C=O) groups excluding carboxylic acids is 1. The van der Waals surface area contributed by atoms with E-state index in [1.54, 1.807) is 0 Å². The van der Waals surface area contributed by atoms with Gasteiger partial charge in [0, 0.05) is 12.4 Å². The molecule has 0 atom stereocenters. The van der Waals surface area contributed by atoms with Gasteiger partial charge < -0.3 is 0 Å². The predicted octanol–water partition coefficient (Wildman–Crippen LogP) is 0.818. The highest BCUT2D eigenvalue weighted by molar-refractivity contribution is 5.93. The van der Waals surface area contributed by atoms with Crippen molar-refractivity contribution in [3.63, 3.8) is 0 Å². The third-order valence-electron chi connectivity index (χ3n) is 1.03. The average Bonchev–Trinajstić information content (AvgIpc) is 1.88. The lowest BCUT2D eigenvalue weighted by Gasteiger charge is -1.90. The SMILES string of the molecule is CC(=O)c1cnc(F)nc1. The van der Waals surface area contributed by atoms with Gasteiger partial charge in [0.1, 0.15) is 0 Å². The zero-order valence-corrected chi connectivity index (χ0v) is 5.34. The molecule has 0 bridgehead atoms. The summed E-state index contributed by atoms with van der Waals surface area (Å²) < 4.78 is 12.0. The molecule has 1 rings (SSSR count). The molecule has 0 N–H and O–H groups in total. The highest BCUT2D eigenvalue weighted by atomic mass is 19.1. The second-order valence-electron chi connectivity index (χ2n) is 1.80. The van der Waals surface area contributed by atoms with Crippen molar-refractivity contribution in [3.8, 4) is 0 Å². The van der Waals surface area contributed by atoms with E-state index in [1.807, 2.05) is 0 Å². The third-order valence-corrected chi connectivity index (χ3v) is 1.03.